The summed E-state index contributed by atoms with van der Waals surface area (Å²) >= 11 is 0. The molecule has 86 valence electrons. The first-order valence-corrected chi connectivity index (χ1v) is 4.89. The number of benzene rings is 1. The van der Waals surface area contributed by atoms with Crippen LogP contribution in [0, 0.1) is 5.82 Å². The number of nitrogens with two attached hydrogens (primary N) is 1. The quantitative estimate of drug-likeness (QED) is 0.745. The molecule has 0 amide bonds. The molecule has 1 aromatic carbocycles. The number of rotatable bonds is 1. The number of alkyl halides is 1. The molecule has 0 saturated carbocycles. The maximum atomic E-state index is 13.8. The van der Waals surface area contributed by atoms with E-state index in [-0.39, 0.29) is 12.2 Å². The van der Waals surface area contributed by atoms with Gasteiger partial charge in [0, 0.05) is 11.3 Å². The molecule has 0 aromatic heterocycles. The molecule has 1 aromatic rings. The number of anilines is 1. The first-order valence-electron chi connectivity index (χ1n) is 4.89. The Kier molecular flexibility index (Phi) is 2.53. The van der Waals surface area contributed by atoms with Gasteiger partial charge >= 0.3 is 0 Å². The normalized spacial score (nSPS) is 28.8. The van der Waals surface area contributed by atoms with Crippen LogP contribution in [0.3, 0.4) is 0 Å². The lowest BCUT2D eigenvalue weighted by Crippen LogP contribution is -2.39. The van der Waals surface area contributed by atoms with E-state index in [0.717, 1.165) is 6.40 Å². The number of aliphatic imine (C=N–C) groups is 1. The molecule has 0 bridgehead atoms. The average Bonchev–Trinajstić information content (AvgIpc) is 2.26. The van der Waals surface area contributed by atoms with Gasteiger partial charge in [-0.1, -0.05) is 0 Å². The smallest absolute Gasteiger partial charge is 0.170 e. The summed E-state index contributed by atoms with van der Waals surface area (Å²) in [5.41, 5.74) is 4.83. The summed E-state index contributed by atoms with van der Waals surface area (Å²) < 4.78 is 32.2. The molecule has 1 aliphatic rings. The SMILES string of the molecule is C[C@]1(c2cc(N)ccc2F)N=COC[C@H]1F. The van der Waals surface area contributed by atoms with Crippen molar-refractivity contribution in [3.05, 3.63) is 29.6 Å². The lowest BCUT2D eigenvalue weighted by molar-refractivity contribution is 0.101. The van der Waals surface area contributed by atoms with Crippen LogP contribution >= 0.6 is 0 Å². The summed E-state index contributed by atoms with van der Waals surface area (Å²) in [4.78, 5) is 3.90. The fourth-order valence-corrected chi connectivity index (χ4v) is 1.69. The van der Waals surface area contributed by atoms with Crippen LogP contribution in [0.15, 0.2) is 23.2 Å². The number of halogens is 2. The zero-order valence-corrected chi connectivity index (χ0v) is 8.78. The van der Waals surface area contributed by atoms with Gasteiger partial charge in [0.2, 0.25) is 0 Å². The van der Waals surface area contributed by atoms with Crippen LogP contribution in [-0.4, -0.2) is 19.2 Å². The molecule has 0 spiro atoms. The third kappa shape index (κ3) is 1.62. The molecule has 0 aliphatic carbocycles. The number of ether oxygens (including phenoxy) is 1. The molecule has 2 N–H and O–H groups in total. The van der Waals surface area contributed by atoms with Crippen LogP contribution in [0.5, 0.6) is 0 Å². The molecule has 1 heterocycles. The Morgan fingerprint density at radius 1 is 1.56 bits per heavy atom. The lowest BCUT2D eigenvalue weighted by Gasteiger charge is -2.32. The van der Waals surface area contributed by atoms with Crippen molar-refractivity contribution in [2.24, 2.45) is 4.99 Å². The van der Waals surface area contributed by atoms with Crippen molar-refractivity contribution in [2.75, 3.05) is 12.3 Å². The minimum absolute atomic E-state index is 0.131. The van der Waals surface area contributed by atoms with Gasteiger partial charge in [-0.15, -0.1) is 0 Å². The van der Waals surface area contributed by atoms with Crippen LogP contribution in [0.25, 0.3) is 0 Å². The molecule has 5 heteroatoms. The second-order valence-electron chi connectivity index (χ2n) is 3.92. The number of nitrogen functional groups attached to an aromatic ring is 1. The fourth-order valence-electron chi connectivity index (χ4n) is 1.69. The molecule has 2 atom stereocenters. The minimum atomic E-state index is -1.39. The van der Waals surface area contributed by atoms with Gasteiger partial charge in [-0.3, -0.25) is 0 Å². The molecule has 0 radical (unpaired) electrons. The number of hydrogen-bond acceptors (Lipinski definition) is 3. The van der Waals surface area contributed by atoms with Gasteiger partial charge in [0.05, 0.1) is 0 Å². The van der Waals surface area contributed by atoms with Gasteiger partial charge in [-0.2, -0.15) is 0 Å². The van der Waals surface area contributed by atoms with Gasteiger partial charge in [0.1, 0.15) is 18.0 Å². The van der Waals surface area contributed by atoms with E-state index < -0.39 is 17.5 Å². The van der Waals surface area contributed by atoms with E-state index in [1.54, 1.807) is 0 Å². The van der Waals surface area contributed by atoms with E-state index in [1.807, 2.05) is 0 Å². The highest BCUT2D eigenvalue weighted by Crippen LogP contribution is 2.35. The highest BCUT2D eigenvalue weighted by Gasteiger charge is 2.40. The predicted octanol–water partition coefficient (Wildman–Crippen LogP) is 2.02. The van der Waals surface area contributed by atoms with Gasteiger partial charge in [-0.25, -0.2) is 13.8 Å². The second-order valence-corrected chi connectivity index (χ2v) is 3.92. The Bertz CT molecular complexity index is 436. The molecule has 0 saturated heterocycles. The largest absolute Gasteiger partial charge is 0.480 e. The highest BCUT2D eigenvalue weighted by molar-refractivity contribution is 5.52. The molecular formula is C11H12F2N2O. The second kappa shape index (κ2) is 3.73. The summed E-state index contributed by atoms with van der Waals surface area (Å²) in [6.07, 6.45) is -0.243. The maximum absolute atomic E-state index is 13.8. The highest BCUT2D eigenvalue weighted by atomic mass is 19.1. The summed E-state index contributed by atoms with van der Waals surface area (Å²) in [7, 11) is 0. The van der Waals surface area contributed by atoms with Crippen molar-refractivity contribution >= 4 is 12.1 Å². The van der Waals surface area contributed by atoms with Crippen LogP contribution < -0.4 is 5.73 Å². The Morgan fingerprint density at radius 2 is 2.31 bits per heavy atom. The average molecular weight is 226 g/mol. The summed E-state index contributed by atoms with van der Waals surface area (Å²) in [5, 5.41) is 0. The van der Waals surface area contributed by atoms with Crippen LogP contribution in [0.1, 0.15) is 12.5 Å². The molecule has 16 heavy (non-hydrogen) atoms. The lowest BCUT2D eigenvalue weighted by atomic mass is 9.87. The third-order valence-corrected chi connectivity index (χ3v) is 2.78. The summed E-state index contributed by atoms with van der Waals surface area (Å²) in [6.45, 7) is 1.39. The first kappa shape index (κ1) is 10.9. The van der Waals surface area contributed by atoms with E-state index in [1.165, 1.54) is 25.1 Å². The maximum Gasteiger partial charge on any atom is 0.170 e. The van der Waals surface area contributed by atoms with Gasteiger partial charge in [-0.05, 0) is 25.1 Å². The third-order valence-electron chi connectivity index (χ3n) is 2.78. The predicted molar refractivity (Wildman–Crippen MR) is 57.5 cm³/mol. The number of hydrogen-bond donors (Lipinski definition) is 1. The van der Waals surface area contributed by atoms with E-state index in [2.05, 4.69) is 4.99 Å². The Balaban J connectivity index is 2.53. The Hall–Kier alpha value is -1.65. The summed E-state index contributed by atoms with van der Waals surface area (Å²) in [6, 6.07) is 4.05. The standard InChI is InChI=1S/C11H12F2N2O/c1-11(10(13)5-16-6-15-11)8-4-7(14)2-3-9(8)12/h2-4,6,10H,5,14H2,1H3/t10-,11-/m1/s1. The van der Waals surface area contributed by atoms with Crippen molar-refractivity contribution in [1.82, 2.24) is 0 Å². The zero-order chi connectivity index (χ0) is 11.8. The Labute approximate surface area is 91.9 Å². The molecular weight excluding hydrogens is 214 g/mol. The summed E-state index contributed by atoms with van der Waals surface area (Å²) in [5.74, 6) is -0.515. The molecule has 2 rings (SSSR count). The van der Waals surface area contributed by atoms with Crippen molar-refractivity contribution in [3.8, 4) is 0 Å². The molecule has 3 nitrogen and oxygen atoms in total. The van der Waals surface area contributed by atoms with Gasteiger partial charge in [0.25, 0.3) is 0 Å². The van der Waals surface area contributed by atoms with Crippen LogP contribution in [-0.2, 0) is 10.3 Å². The van der Waals surface area contributed by atoms with Crippen LogP contribution in [0.2, 0.25) is 0 Å². The zero-order valence-electron chi connectivity index (χ0n) is 8.78. The monoisotopic (exact) mass is 226 g/mol. The fraction of sp³-hybridized carbons (Fsp3) is 0.364. The van der Waals surface area contributed by atoms with Crippen molar-refractivity contribution < 1.29 is 13.5 Å². The van der Waals surface area contributed by atoms with Crippen molar-refractivity contribution in [1.29, 1.82) is 0 Å². The molecule has 1 aliphatic heterocycles. The first-order chi connectivity index (χ1) is 7.54. The van der Waals surface area contributed by atoms with Crippen molar-refractivity contribution in [2.45, 2.75) is 18.6 Å². The van der Waals surface area contributed by atoms with E-state index in [4.69, 9.17) is 10.5 Å². The van der Waals surface area contributed by atoms with Crippen molar-refractivity contribution in [3.63, 3.8) is 0 Å². The van der Waals surface area contributed by atoms with Gasteiger partial charge < -0.3 is 10.5 Å². The molecule has 0 fully saturated rings. The van der Waals surface area contributed by atoms with Gasteiger partial charge in [0.15, 0.2) is 12.6 Å². The topological polar surface area (TPSA) is 47.6 Å². The Morgan fingerprint density at radius 3 is 3.00 bits per heavy atom. The van der Waals surface area contributed by atoms with E-state index >= 15 is 0 Å². The van der Waals surface area contributed by atoms with Crippen LogP contribution in [0.4, 0.5) is 14.5 Å². The minimum Gasteiger partial charge on any atom is -0.480 e. The number of nitrogens with zero attached hydrogens (tertiary/aromatic N) is 1. The van der Waals surface area contributed by atoms with E-state index in [0.29, 0.717) is 5.69 Å². The molecule has 0 unspecified atom stereocenters. The van der Waals surface area contributed by atoms with E-state index in [9.17, 15) is 8.78 Å².